The van der Waals surface area contributed by atoms with E-state index in [1.165, 1.54) is 30.8 Å². The summed E-state index contributed by atoms with van der Waals surface area (Å²) in [5.41, 5.74) is 1.11. The predicted molar refractivity (Wildman–Crippen MR) is 101 cm³/mol. The summed E-state index contributed by atoms with van der Waals surface area (Å²) >= 11 is 0. The zero-order valence-electron chi connectivity index (χ0n) is 16.4. The monoisotopic (exact) mass is 359 g/mol. The van der Waals surface area contributed by atoms with Crippen LogP contribution in [0, 0.1) is 12.3 Å². The first-order chi connectivity index (χ1) is 12.6. The van der Waals surface area contributed by atoms with Gasteiger partial charge in [0.25, 0.3) is 0 Å². The van der Waals surface area contributed by atoms with Gasteiger partial charge in [0.15, 0.2) is 0 Å². The number of imidazole rings is 1. The normalized spacial score (nSPS) is 27.0. The summed E-state index contributed by atoms with van der Waals surface area (Å²) in [6.07, 6.45) is 11.0. The number of aryl methyl sites for hydroxylation is 1. The third kappa shape index (κ3) is 3.30. The lowest BCUT2D eigenvalue weighted by molar-refractivity contribution is -0.142. The summed E-state index contributed by atoms with van der Waals surface area (Å²) in [6, 6.07) is 0.381. The van der Waals surface area contributed by atoms with E-state index in [1.807, 2.05) is 6.20 Å². The number of likely N-dealkylation sites (tertiary alicyclic amines) is 1. The molecule has 0 bridgehead atoms. The minimum atomic E-state index is -0.124. The first-order valence-electron chi connectivity index (χ1n) is 10.5. The molecule has 3 heterocycles. The van der Waals surface area contributed by atoms with Gasteiger partial charge in [0.1, 0.15) is 5.82 Å². The van der Waals surface area contributed by atoms with E-state index in [9.17, 15) is 4.79 Å². The molecule has 1 atom stereocenters. The number of hydrogen-bond acceptors (Lipinski definition) is 3. The second-order valence-corrected chi connectivity index (χ2v) is 8.83. The van der Waals surface area contributed by atoms with Gasteiger partial charge in [0.2, 0.25) is 5.91 Å². The van der Waals surface area contributed by atoms with Crippen LogP contribution in [0.3, 0.4) is 0 Å². The first-order valence-corrected chi connectivity index (χ1v) is 10.5. The van der Waals surface area contributed by atoms with Crippen molar-refractivity contribution < 1.29 is 9.53 Å². The fourth-order valence-electron chi connectivity index (χ4n) is 5.26. The van der Waals surface area contributed by atoms with Gasteiger partial charge >= 0.3 is 0 Å². The van der Waals surface area contributed by atoms with Crippen molar-refractivity contribution >= 4 is 5.91 Å². The van der Waals surface area contributed by atoms with E-state index in [0.717, 1.165) is 58.4 Å². The average Bonchev–Trinajstić information content (AvgIpc) is 3.29. The third-order valence-electron chi connectivity index (χ3n) is 6.89. The summed E-state index contributed by atoms with van der Waals surface area (Å²) in [5.74, 6) is 2.11. The number of carbonyl (C=O) groups is 1. The van der Waals surface area contributed by atoms with Gasteiger partial charge in [-0.15, -0.1) is 0 Å². The summed E-state index contributed by atoms with van der Waals surface area (Å²) in [5, 5.41) is 0. The summed E-state index contributed by atoms with van der Waals surface area (Å²) in [4.78, 5) is 20.1. The van der Waals surface area contributed by atoms with Crippen molar-refractivity contribution in [1.29, 1.82) is 0 Å². The van der Waals surface area contributed by atoms with Gasteiger partial charge in [-0.1, -0.05) is 26.2 Å². The Balaban J connectivity index is 1.49. The number of aromatic nitrogens is 2. The Morgan fingerprint density at radius 3 is 2.65 bits per heavy atom. The van der Waals surface area contributed by atoms with E-state index in [-0.39, 0.29) is 5.41 Å². The van der Waals surface area contributed by atoms with Gasteiger partial charge < -0.3 is 14.2 Å². The molecule has 1 aliphatic carbocycles. The molecule has 0 aromatic carbocycles. The minimum absolute atomic E-state index is 0.124. The van der Waals surface area contributed by atoms with Crippen LogP contribution in [0.2, 0.25) is 0 Å². The summed E-state index contributed by atoms with van der Waals surface area (Å²) < 4.78 is 7.97. The van der Waals surface area contributed by atoms with Gasteiger partial charge in [-0.2, -0.15) is 0 Å². The van der Waals surface area contributed by atoms with E-state index in [0.29, 0.717) is 17.9 Å². The molecule has 144 valence electrons. The number of amides is 1. The van der Waals surface area contributed by atoms with Gasteiger partial charge in [-0.3, -0.25) is 4.79 Å². The molecule has 3 aliphatic rings. The molecule has 0 radical (unpaired) electrons. The molecule has 2 aliphatic heterocycles. The first kappa shape index (κ1) is 18.0. The van der Waals surface area contributed by atoms with Crippen molar-refractivity contribution in [3.8, 4) is 0 Å². The summed E-state index contributed by atoms with van der Waals surface area (Å²) in [7, 11) is 0. The van der Waals surface area contributed by atoms with E-state index >= 15 is 0 Å². The molecule has 0 N–H and O–H groups in total. The zero-order valence-corrected chi connectivity index (χ0v) is 16.4. The average molecular weight is 360 g/mol. The fraction of sp³-hybridized carbons (Fsp3) is 0.810. The second-order valence-electron chi connectivity index (χ2n) is 8.83. The molecule has 1 amide bonds. The number of carbonyl (C=O) groups excluding carboxylic acids is 1. The van der Waals surface area contributed by atoms with E-state index < -0.39 is 0 Å². The molecule has 1 aromatic rings. The second kappa shape index (κ2) is 7.34. The zero-order chi connectivity index (χ0) is 18.1. The molecule has 3 fully saturated rings. The quantitative estimate of drug-likeness (QED) is 0.824. The SMILES string of the molecule is Cc1cnc(C2CCOCC2)n1C1CCN(C(=O)C2(C)CCCCC2)C1. The Hall–Kier alpha value is -1.36. The lowest BCUT2D eigenvalue weighted by atomic mass is 9.75. The van der Waals surface area contributed by atoms with E-state index in [1.54, 1.807) is 0 Å². The fourth-order valence-corrected chi connectivity index (χ4v) is 5.26. The van der Waals surface area contributed by atoms with Crippen molar-refractivity contribution in [2.24, 2.45) is 5.41 Å². The maximum absolute atomic E-state index is 13.2. The predicted octanol–water partition coefficient (Wildman–Crippen LogP) is 3.83. The smallest absolute Gasteiger partial charge is 0.228 e. The molecular formula is C21H33N3O2. The molecule has 1 saturated carbocycles. The Labute approximate surface area is 157 Å². The molecule has 1 aromatic heterocycles. The van der Waals surface area contributed by atoms with Crippen LogP contribution >= 0.6 is 0 Å². The van der Waals surface area contributed by atoms with Crippen LogP contribution in [0.5, 0.6) is 0 Å². The van der Waals surface area contributed by atoms with Crippen LogP contribution in [0.4, 0.5) is 0 Å². The van der Waals surface area contributed by atoms with Crippen LogP contribution in [0.15, 0.2) is 6.20 Å². The van der Waals surface area contributed by atoms with Gasteiger partial charge in [-0.05, 0) is 39.0 Å². The number of ether oxygens (including phenoxy) is 1. The Bertz CT molecular complexity index is 642. The lowest BCUT2D eigenvalue weighted by Crippen LogP contribution is -2.42. The van der Waals surface area contributed by atoms with Crippen molar-refractivity contribution in [2.45, 2.75) is 77.2 Å². The molecule has 26 heavy (non-hydrogen) atoms. The molecule has 5 nitrogen and oxygen atoms in total. The van der Waals surface area contributed by atoms with Crippen molar-refractivity contribution in [3.05, 3.63) is 17.7 Å². The van der Waals surface area contributed by atoms with Crippen molar-refractivity contribution in [3.63, 3.8) is 0 Å². The lowest BCUT2D eigenvalue weighted by Gasteiger charge is -2.35. The Kier molecular flexibility index (Phi) is 5.09. The molecule has 2 saturated heterocycles. The molecule has 5 heteroatoms. The van der Waals surface area contributed by atoms with Crippen molar-refractivity contribution in [1.82, 2.24) is 14.5 Å². The number of hydrogen-bond donors (Lipinski definition) is 0. The van der Waals surface area contributed by atoms with Crippen LogP contribution in [0.1, 0.15) is 81.8 Å². The van der Waals surface area contributed by atoms with Gasteiger partial charge in [0, 0.05) is 49.5 Å². The Morgan fingerprint density at radius 2 is 1.92 bits per heavy atom. The van der Waals surface area contributed by atoms with Crippen LogP contribution in [-0.2, 0) is 9.53 Å². The van der Waals surface area contributed by atoms with Crippen LogP contribution in [-0.4, -0.2) is 46.7 Å². The highest BCUT2D eigenvalue weighted by Crippen LogP contribution is 2.39. The van der Waals surface area contributed by atoms with E-state index in [4.69, 9.17) is 9.72 Å². The molecule has 0 spiro atoms. The molecule has 1 unspecified atom stereocenters. The highest BCUT2D eigenvalue weighted by molar-refractivity contribution is 5.82. The van der Waals surface area contributed by atoms with Gasteiger partial charge in [-0.25, -0.2) is 4.98 Å². The number of rotatable bonds is 3. The van der Waals surface area contributed by atoms with E-state index in [2.05, 4.69) is 23.3 Å². The maximum Gasteiger partial charge on any atom is 0.228 e. The minimum Gasteiger partial charge on any atom is -0.381 e. The van der Waals surface area contributed by atoms with Crippen LogP contribution in [0.25, 0.3) is 0 Å². The highest BCUT2D eigenvalue weighted by atomic mass is 16.5. The van der Waals surface area contributed by atoms with Crippen LogP contribution < -0.4 is 0 Å². The topological polar surface area (TPSA) is 47.4 Å². The van der Waals surface area contributed by atoms with Gasteiger partial charge in [0.05, 0.1) is 6.04 Å². The highest BCUT2D eigenvalue weighted by Gasteiger charge is 2.40. The third-order valence-corrected chi connectivity index (χ3v) is 6.89. The Morgan fingerprint density at radius 1 is 1.19 bits per heavy atom. The molecular weight excluding hydrogens is 326 g/mol. The molecule has 4 rings (SSSR count). The van der Waals surface area contributed by atoms with Crippen molar-refractivity contribution in [2.75, 3.05) is 26.3 Å². The maximum atomic E-state index is 13.2. The largest absolute Gasteiger partial charge is 0.381 e. The summed E-state index contributed by atoms with van der Waals surface area (Å²) in [6.45, 7) is 7.76. The number of nitrogens with zero attached hydrogens (tertiary/aromatic N) is 3. The standard InChI is InChI=1S/C21H33N3O2/c1-16-14-22-19(17-7-12-26-13-8-17)24(16)18-6-11-23(15-18)20(25)21(2)9-4-3-5-10-21/h14,17-18H,3-13,15H2,1-2H3.